The Hall–Kier alpha value is -3.88. The molecule has 0 spiro atoms. The molecule has 144 valence electrons. The van der Waals surface area contributed by atoms with Crippen LogP contribution in [0.15, 0.2) is 54.9 Å². The Kier molecular flexibility index (Phi) is 5.85. The van der Waals surface area contributed by atoms with Crippen LogP contribution < -0.4 is 20.1 Å². The molecule has 0 bridgehead atoms. The molecule has 2 N–H and O–H groups in total. The average molecular weight is 381 g/mol. The minimum Gasteiger partial charge on any atom is -0.497 e. The second-order valence-electron chi connectivity index (χ2n) is 5.71. The summed E-state index contributed by atoms with van der Waals surface area (Å²) in [5, 5.41) is 17.7. The second-order valence-corrected chi connectivity index (χ2v) is 5.71. The van der Waals surface area contributed by atoms with Crippen LogP contribution in [0.25, 0.3) is 0 Å². The van der Waals surface area contributed by atoms with E-state index in [1.54, 1.807) is 18.2 Å². The van der Waals surface area contributed by atoms with E-state index in [0.29, 0.717) is 23.7 Å². The van der Waals surface area contributed by atoms with Crippen LogP contribution in [0.1, 0.15) is 5.56 Å². The van der Waals surface area contributed by atoms with Gasteiger partial charge in [0, 0.05) is 12.6 Å². The Morgan fingerprint density at radius 1 is 1.04 bits per heavy atom. The number of nitrogens with one attached hydrogen (secondary N) is 2. The Morgan fingerprint density at radius 2 is 1.79 bits per heavy atom. The highest BCUT2D eigenvalue weighted by molar-refractivity contribution is 5.76. The van der Waals surface area contributed by atoms with Crippen LogP contribution >= 0.6 is 0 Å². The molecule has 1 heterocycles. The van der Waals surface area contributed by atoms with E-state index in [-0.39, 0.29) is 17.3 Å². The van der Waals surface area contributed by atoms with Gasteiger partial charge in [-0.05, 0) is 17.7 Å². The van der Waals surface area contributed by atoms with Gasteiger partial charge in [0.25, 0.3) is 0 Å². The third kappa shape index (κ3) is 4.26. The largest absolute Gasteiger partial charge is 0.497 e. The van der Waals surface area contributed by atoms with E-state index in [1.165, 1.54) is 20.5 Å². The van der Waals surface area contributed by atoms with Crippen molar-refractivity contribution < 1.29 is 14.4 Å². The van der Waals surface area contributed by atoms with E-state index in [2.05, 4.69) is 20.6 Å². The number of aromatic nitrogens is 2. The third-order valence-electron chi connectivity index (χ3n) is 3.97. The summed E-state index contributed by atoms with van der Waals surface area (Å²) in [7, 11) is 3.04. The SMILES string of the molecule is COc1ccc(OC)c(Nc2ncnc(NCc3ccccc3)c2[N+](=O)[O-])c1. The lowest BCUT2D eigenvalue weighted by molar-refractivity contribution is -0.383. The van der Waals surface area contributed by atoms with Crippen LogP contribution in [0, 0.1) is 10.1 Å². The maximum Gasteiger partial charge on any atom is 0.353 e. The van der Waals surface area contributed by atoms with E-state index in [0.717, 1.165) is 5.56 Å². The third-order valence-corrected chi connectivity index (χ3v) is 3.97. The summed E-state index contributed by atoms with van der Waals surface area (Å²) < 4.78 is 10.5. The van der Waals surface area contributed by atoms with E-state index in [4.69, 9.17) is 9.47 Å². The highest BCUT2D eigenvalue weighted by Gasteiger charge is 2.24. The van der Waals surface area contributed by atoms with Crippen molar-refractivity contribution >= 4 is 23.0 Å². The van der Waals surface area contributed by atoms with E-state index >= 15 is 0 Å². The molecule has 0 aliphatic rings. The lowest BCUT2D eigenvalue weighted by Crippen LogP contribution is -2.08. The summed E-state index contributed by atoms with van der Waals surface area (Å²) in [5.41, 5.74) is 1.19. The summed E-state index contributed by atoms with van der Waals surface area (Å²) >= 11 is 0. The van der Waals surface area contributed by atoms with Gasteiger partial charge in [0.2, 0.25) is 11.6 Å². The van der Waals surface area contributed by atoms with Gasteiger partial charge >= 0.3 is 5.69 Å². The van der Waals surface area contributed by atoms with Crippen molar-refractivity contribution in [2.24, 2.45) is 0 Å². The Bertz CT molecular complexity index is 966. The van der Waals surface area contributed by atoms with Crippen LogP contribution in [0.2, 0.25) is 0 Å². The summed E-state index contributed by atoms with van der Waals surface area (Å²) in [6.45, 7) is 0.389. The molecule has 2 aromatic carbocycles. The summed E-state index contributed by atoms with van der Waals surface area (Å²) in [6, 6.07) is 14.6. The van der Waals surface area contributed by atoms with Gasteiger partial charge in [-0.15, -0.1) is 0 Å². The van der Waals surface area contributed by atoms with Gasteiger partial charge in [-0.2, -0.15) is 0 Å². The number of methoxy groups -OCH3 is 2. The first-order valence-electron chi connectivity index (χ1n) is 8.38. The molecule has 28 heavy (non-hydrogen) atoms. The van der Waals surface area contributed by atoms with Gasteiger partial charge in [-0.25, -0.2) is 9.97 Å². The molecule has 0 atom stereocenters. The molecule has 3 aromatic rings. The Balaban J connectivity index is 1.92. The zero-order valence-corrected chi connectivity index (χ0v) is 15.4. The van der Waals surface area contributed by atoms with Gasteiger partial charge < -0.3 is 20.1 Å². The molecule has 0 amide bonds. The van der Waals surface area contributed by atoms with Crippen molar-refractivity contribution in [2.45, 2.75) is 6.54 Å². The summed E-state index contributed by atoms with van der Waals surface area (Å²) in [6.07, 6.45) is 1.26. The number of nitrogens with zero attached hydrogens (tertiary/aromatic N) is 3. The number of hydrogen-bond acceptors (Lipinski definition) is 8. The molecule has 0 unspecified atom stereocenters. The monoisotopic (exact) mass is 381 g/mol. The van der Waals surface area contributed by atoms with E-state index in [9.17, 15) is 10.1 Å². The summed E-state index contributed by atoms with van der Waals surface area (Å²) in [5.74, 6) is 1.23. The minimum atomic E-state index is -0.525. The first-order chi connectivity index (χ1) is 13.6. The van der Waals surface area contributed by atoms with Crippen molar-refractivity contribution in [1.29, 1.82) is 0 Å². The molecule has 3 rings (SSSR count). The molecule has 9 nitrogen and oxygen atoms in total. The zero-order valence-electron chi connectivity index (χ0n) is 15.4. The first-order valence-corrected chi connectivity index (χ1v) is 8.38. The molecule has 0 saturated carbocycles. The number of nitro groups is 1. The van der Waals surface area contributed by atoms with Gasteiger partial charge in [0.1, 0.15) is 17.8 Å². The average Bonchev–Trinajstić information content (AvgIpc) is 2.72. The van der Waals surface area contributed by atoms with Crippen LogP contribution in [0.3, 0.4) is 0 Å². The Labute approximate surface area is 161 Å². The molecule has 0 aliphatic heterocycles. The first kappa shape index (κ1) is 18.9. The molecule has 0 radical (unpaired) electrons. The fourth-order valence-electron chi connectivity index (χ4n) is 2.59. The van der Waals surface area contributed by atoms with Gasteiger partial charge in [0.05, 0.1) is 24.8 Å². The molecular weight excluding hydrogens is 362 g/mol. The quantitative estimate of drug-likeness (QED) is 0.448. The zero-order chi connectivity index (χ0) is 19.9. The number of benzene rings is 2. The van der Waals surface area contributed by atoms with Crippen molar-refractivity contribution in [2.75, 3.05) is 24.9 Å². The van der Waals surface area contributed by atoms with Crippen LogP contribution in [-0.4, -0.2) is 29.1 Å². The highest BCUT2D eigenvalue weighted by atomic mass is 16.6. The number of ether oxygens (including phenoxy) is 2. The van der Waals surface area contributed by atoms with Gasteiger partial charge in [0.15, 0.2) is 0 Å². The number of hydrogen-bond donors (Lipinski definition) is 2. The lowest BCUT2D eigenvalue weighted by Gasteiger charge is -2.13. The lowest BCUT2D eigenvalue weighted by atomic mass is 10.2. The predicted molar refractivity (Wildman–Crippen MR) is 105 cm³/mol. The highest BCUT2D eigenvalue weighted by Crippen LogP contribution is 2.36. The van der Waals surface area contributed by atoms with Gasteiger partial charge in [-0.3, -0.25) is 10.1 Å². The number of rotatable bonds is 8. The van der Waals surface area contributed by atoms with Crippen LogP contribution in [0.4, 0.5) is 23.0 Å². The van der Waals surface area contributed by atoms with Crippen LogP contribution in [0.5, 0.6) is 11.5 Å². The van der Waals surface area contributed by atoms with Crippen molar-refractivity contribution in [3.8, 4) is 11.5 Å². The number of anilines is 3. The van der Waals surface area contributed by atoms with Crippen LogP contribution in [-0.2, 0) is 6.54 Å². The maximum atomic E-state index is 11.7. The fourth-order valence-corrected chi connectivity index (χ4v) is 2.59. The molecule has 0 fully saturated rings. The second kappa shape index (κ2) is 8.67. The molecule has 9 heteroatoms. The van der Waals surface area contributed by atoms with Crippen molar-refractivity contribution in [3.63, 3.8) is 0 Å². The summed E-state index contributed by atoms with van der Waals surface area (Å²) in [4.78, 5) is 19.3. The molecule has 0 saturated heterocycles. The smallest absolute Gasteiger partial charge is 0.353 e. The molecule has 0 aliphatic carbocycles. The molecule has 1 aromatic heterocycles. The predicted octanol–water partition coefficient (Wildman–Crippen LogP) is 3.76. The fraction of sp³-hybridized carbons (Fsp3) is 0.158. The minimum absolute atomic E-state index is 0.0436. The standard InChI is InChI=1S/C19H19N5O4/c1-27-14-8-9-16(28-2)15(10-14)23-19-17(24(25)26)18(21-12-22-19)20-11-13-6-4-3-5-7-13/h3-10,12H,11H2,1-2H3,(H2,20,21,22,23). The topological polar surface area (TPSA) is 111 Å². The normalized spacial score (nSPS) is 10.2. The van der Waals surface area contributed by atoms with Crippen molar-refractivity contribution in [3.05, 3.63) is 70.5 Å². The van der Waals surface area contributed by atoms with Crippen molar-refractivity contribution in [1.82, 2.24) is 9.97 Å². The maximum absolute atomic E-state index is 11.7. The van der Waals surface area contributed by atoms with E-state index < -0.39 is 4.92 Å². The Morgan fingerprint density at radius 3 is 2.46 bits per heavy atom. The molecular formula is C19H19N5O4. The van der Waals surface area contributed by atoms with Gasteiger partial charge in [-0.1, -0.05) is 30.3 Å². The van der Waals surface area contributed by atoms with E-state index in [1.807, 2.05) is 30.3 Å².